The highest BCUT2D eigenvalue weighted by Gasteiger charge is 2.28. The van der Waals surface area contributed by atoms with Crippen molar-refractivity contribution in [2.45, 2.75) is 25.2 Å². The predicted molar refractivity (Wildman–Crippen MR) is 92.7 cm³/mol. The molecule has 0 bridgehead atoms. The molecule has 2 unspecified atom stereocenters. The van der Waals surface area contributed by atoms with Crippen LogP contribution in [-0.4, -0.2) is 57.8 Å². The van der Waals surface area contributed by atoms with Crippen molar-refractivity contribution in [2.24, 2.45) is 11.8 Å². The molecular weight excluding hydrogens is 328 g/mol. The average Bonchev–Trinajstić information content (AvgIpc) is 2.52. The lowest BCUT2D eigenvalue weighted by Gasteiger charge is -2.35. The van der Waals surface area contributed by atoms with Crippen LogP contribution in [0.4, 0.5) is 0 Å². The molecule has 1 heterocycles. The van der Waals surface area contributed by atoms with Crippen molar-refractivity contribution in [1.29, 1.82) is 0 Å². The lowest BCUT2D eigenvalue weighted by Crippen LogP contribution is -2.42. The van der Waals surface area contributed by atoms with E-state index >= 15 is 0 Å². The second-order valence-corrected chi connectivity index (χ2v) is 8.93. The summed E-state index contributed by atoms with van der Waals surface area (Å²) in [6.45, 7) is 5.66. The number of carbonyl (C=O) groups is 1. The topological polar surface area (TPSA) is 66.9 Å². The summed E-state index contributed by atoms with van der Waals surface area (Å²) < 4.78 is 31.3. The molecule has 1 aromatic carbocycles. The molecule has 2 atom stereocenters. The minimum atomic E-state index is -3.69. The van der Waals surface area contributed by atoms with Crippen LogP contribution in [0.3, 0.4) is 0 Å². The first-order valence-electron chi connectivity index (χ1n) is 8.06. The van der Waals surface area contributed by atoms with Crippen LogP contribution < -0.4 is 4.74 Å². The van der Waals surface area contributed by atoms with Crippen LogP contribution in [0.2, 0.25) is 0 Å². The highest BCUT2D eigenvalue weighted by atomic mass is 32.2. The maximum Gasteiger partial charge on any atom is 0.253 e. The number of rotatable bonds is 4. The number of carbonyl (C=O) groups excluding carboxylic acids is 1. The van der Waals surface area contributed by atoms with Gasteiger partial charge in [-0.2, -0.15) is 0 Å². The van der Waals surface area contributed by atoms with Gasteiger partial charge in [-0.15, -0.1) is 0 Å². The van der Waals surface area contributed by atoms with Gasteiger partial charge in [-0.1, -0.05) is 13.8 Å². The van der Waals surface area contributed by atoms with Crippen molar-refractivity contribution in [2.75, 3.05) is 34.3 Å². The molecule has 1 saturated heterocycles. The number of hydrogen-bond acceptors (Lipinski definition) is 4. The van der Waals surface area contributed by atoms with Crippen LogP contribution in [0.5, 0.6) is 5.75 Å². The third kappa shape index (κ3) is 3.72. The lowest BCUT2D eigenvalue weighted by atomic mass is 9.91. The van der Waals surface area contributed by atoms with E-state index < -0.39 is 10.0 Å². The third-order valence-electron chi connectivity index (χ3n) is 4.33. The first kappa shape index (κ1) is 18.7. The standard InChI is InChI=1S/C17H26N2O4S/c1-12-8-13(2)11-19(10-12)17(20)14-6-7-15(23-5)16(9-14)24(21,22)18(3)4/h6-7,9,12-13H,8,10-11H2,1-5H3. The summed E-state index contributed by atoms with van der Waals surface area (Å²) in [6, 6.07) is 4.58. The van der Waals surface area contributed by atoms with Gasteiger partial charge in [0, 0.05) is 32.7 Å². The van der Waals surface area contributed by atoms with E-state index in [1.165, 1.54) is 27.3 Å². The van der Waals surface area contributed by atoms with E-state index in [9.17, 15) is 13.2 Å². The van der Waals surface area contributed by atoms with E-state index in [1.807, 2.05) is 4.90 Å². The fourth-order valence-corrected chi connectivity index (χ4v) is 4.29. The lowest BCUT2D eigenvalue weighted by molar-refractivity contribution is 0.0623. The highest BCUT2D eigenvalue weighted by Crippen LogP contribution is 2.28. The van der Waals surface area contributed by atoms with Gasteiger partial charge in [0.1, 0.15) is 10.6 Å². The molecule has 1 aromatic rings. The van der Waals surface area contributed by atoms with E-state index in [1.54, 1.807) is 12.1 Å². The number of ether oxygens (including phenoxy) is 1. The number of likely N-dealkylation sites (tertiary alicyclic amines) is 1. The van der Waals surface area contributed by atoms with E-state index in [-0.39, 0.29) is 16.6 Å². The van der Waals surface area contributed by atoms with Crippen molar-refractivity contribution in [1.82, 2.24) is 9.21 Å². The number of piperidine rings is 1. The second kappa shape index (κ2) is 7.11. The van der Waals surface area contributed by atoms with Gasteiger partial charge in [-0.05, 0) is 36.5 Å². The summed E-state index contributed by atoms with van der Waals surface area (Å²) in [7, 11) is 0.637. The Morgan fingerprint density at radius 2 is 1.79 bits per heavy atom. The molecule has 0 spiro atoms. The zero-order valence-corrected chi connectivity index (χ0v) is 15.8. The largest absolute Gasteiger partial charge is 0.495 e. The van der Waals surface area contributed by atoms with Gasteiger partial charge in [0.05, 0.1) is 7.11 Å². The zero-order chi connectivity index (χ0) is 18.1. The van der Waals surface area contributed by atoms with Crippen molar-refractivity contribution in [3.05, 3.63) is 23.8 Å². The summed E-state index contributed by atoms with van der Waals surface area (Å²) in [5.41, 5.74) is 0.373. The highest BCUT2D eigenvalue weighted by molar-refractivity contribution is 7.89. The van der Waals surface area contributed by atoms with Crippen molar-refractivity contribution in [3.63, 3.8) is 0 Å². The third-order valence-corrected chi connectivity index (χ3v) is 6.16. The van der Waals surface area contributed by atoms with Gasteiger partial charge in [-0.25, -0.2) is 12.7 Å². The van der Waals surface area contributed by atoms with Crippen LogP contribution in [0.15, 0.2) is 23.1 Å². The minimum absolute atomic E-state index is 0.0129. The summed E-state index contributed by atoms with van der Waals surface area (Å²) in [5, 5.41) is 0. The maximum absolute atomic E-state index is 12.8. The fraction of sp³-hybridized carbons (Fsp3) is 0.588. The molecule has 6 nitrogen and oxygen atoms in total. The zero-order valence-electron chi connectivity index (χ0n) is 14.9. The summed E-state index contributed by atoms with van der Waals surface area (Å²) in [5.74, 6) is 0.994. The van der Waals surface area contributed by atoms with Crippen molar-refractivity contribution in [3.8, 4) is 5.75 Å². The summed E-state index contributed by atoms with van der Waals surface area (Å²) in [6.07, 6.45) is 1.10. The number of hydrogen-bond donors (Lipinski definition) is 0. The van der Waals surface area contributed by atoms with Crippen LogP contribution in [0.1, 0.15) is 30.6 Å². The first-order chi connectivity index (χ1) is 11.2. The maximum atomic E-state index is 12.8. The van der Waals surface area contributed by atoms with E-state index in [2.05, 4.69) is 13.8 Å². The predicted octanol–water partition coefficient (Wildman–Crippen LogP) is 2.06. The molecule has 0 aromatic heterocycles. The van der Waals surface area contributed by atoms with Crippen molar-refractivity contribution < 1.29 is 17.9 Å². The molecule has 1 aliphatic rings. The summed E-state index contributed by atoms with van der Waals surface area (Å²) >= 11 is 0. The summed E-state index contributed by atoms with van der Waals surface area (Å²) in [4.78, 5) is 14.6. The molecule has 2 rings (SSSR count). The Morgan fingerprint density at radius 3 is 2.29 bits per heavy atom. The van der Waals surface area contributed by atoms with Gasteiger partial charge in [0.25, 0.3) is 5.91 Å². The van der Waals surface area contributed by atoms with Gasteiger partial charge in [-0.3, -0.25) is 4.79 Å². The Kier molecular flexibility index (Phi) is 5.55. The van der Waals surface area contributed by atoms with Crippen LogP contribution in [-0.2, 0) is 10.0 Å². The Labute approximate surface area is 144 Å². The first-order valence-corrected chi connectivity index (χ1v) is 9.50. The SMILES string of the molecule is COc1ccc(C(=O)N2CC(C)CC(C)C2)cc1S(=O)(=O)N(C)C. The van der Waals surface area contributed by atoms with E-state index in [0.29, 0.717) is 30.5 Å². The molecule has 0 N–H and O–H groups in total. The fourth-order valence-electron chi connectivity index (χ4n) is 3.22. The van der Waals surface area contributed by atoms with Crippen LogP contribution >= 0.6 is 0 Å². The number of sulfonamides is 1. The Hall–Kier alpha value is -1.60. The van der Waals surface area contributed by atoms with E-state index in [0.717, 1.165) is 10.7 Å². The van der Waals surface area contributed by atoms with Crippen LogP contribution in [0, 0.1) is 11.8 Å². The molecule has 7 heteroatoms. The van der Waals surface area contributed by atoms with Gasteiger partial charge in [0.15, 0.2) is 0 Å². The van der Waals surface area contributed by atoms with E-state index in [4.69, 9.17) is 4.74 Å². The number of benzene rings is 1. The molecule has 134 valence electrons. The minimum Gasteiger partial charge on any atom is -0.495 e. The number of nitrogens with zero attached hydrogens (tertiary/aromatic N) is 2. The van der Waals surface area contributed by atoms with Crippen LogP contribution in [0.25, 0.3) is 0 Å². The second-order valence-electron chi connectivity index (χ2n) is 6.81. The monoisotopic (exact) mass is 354 g/mol. The molecule has 1 amide bonds. The molecule has 0 radical (unpaired) electrons. The average molecular weight is 354 g/mol. The molecule has 24 heavy (non-hydrogen) atoms. The molecule has 1 fully saturated rings. The Balaban J connectivity index is 2.40. The Morgan fingerprint density at radius 1 is 1.21 bits per heavy atom. The molecule has 0 saturated carbocycles. The van der Waals surface area contributed by atoms with Gasteiger partial charge in [0.2, 0.25) is 10.0 Å². The Bertz CT molecular complexity index is 705. The molecule has 1 aliphatic heterocycles. The van der Waals surface area contributed by atoms with Gasteiger partial charge < -0.3 is 9.64 Å². The smallest absolute Gasteiger partial charge is 0.253 e. The normalized spacial score (nSPS) is 21.8. The number of amides is 1. The number of methoxy groups -OCH3 is 1. The van der Waals surface area contributed by atoms with Gasteiger partial charge >= 0.3 is 0 Å². The molecule has 0 aliphatic carbocycles. The molecular formula is C17H26N2O4S. The quantitative estimate of drug-likeness (QED) is 0.830. The van der Waals surface area contributed by atoms with Crippen molar-refractivity contribution >= 4 is 15.9 Å².